The summed E-state index contributed by atoms with van der Waals surface area (Å²) in [7, 11) is 0. The lowest BCUT2D eigenvalue weighted by Crippen LogP contribution is -2.50. The molecule has 0 aromatic heterocycles. The number of hydrogen-bond acceptors (Lipinski definition) is 2. The first-order valence-electron chi connectivity index (χ1n) is 7.40. The largest absolute Gasteiger partial charge is 0.336 e. The minimum Gasteiger partial charge on any atom is -0.336 e. The Kier molecular flexibility index (Phi) is 3.56. The molecule has 0 saturated carbocycles. The summed E-state index contributed by atoms with van der Waals surface area (Å²) in [5.74, 6) is 0.189. The Balaban J connectivity index is 1.75. The van der Waals surface area contributed by atoms with Crippen molar-refractivity contribution in [2.24, 2.45) is 0 Å². The first kappa shape index (κ1) is 12.7. The third-order valence-electron chi connectivity index (χ3n) is 4.51. The number of piperidine rings is 1. The molecule has 0 spiro atoms. The lowest BCUT2D eigenvalue weighted by molar-refractivity contribution is 0.0631. The maximum atomic E-state index is 12.6. The van der Waals surface area contributed by atoms with E-state index >= 15 is 0 Å². The fraction of sp³-hybridized carbons (Fsp3) is 0.562. The van der Waals surface area contributed by atoms with E-state index in [0.717, 1.165) is 24.9 Å². The Hall–Kier alpha value is -1.35. The molecule has 2 unspecified atom stereocenters. The van der Waals surface area contributed by atoms with E-state index in [1.807, 2.05) is 30.3 Å². The van der Waals surface area contributed by atoms with Crippen molar-refractivity contribution in [3.63, 3.8) is 0 Å². The molecule has 2 atom stereocenters. The summed E-state index contributed by atoms with van der Waals surface area (Å²) in [6.45, 7) is 2.89. The Bertz CT molecular complexity index is 433. The molecule has 2 bridgehead atoms. The number of amides is 1. The van der Waals surface area contributed by atoms with Crippen LogP contribution in [-0.2, 0) is 0 Å². The van der Waals surface area contributed by atoms with Gasteiger partial charge in [-0.25, -0.2) is 0 Å². The zero-order valence-electron chi connectivity index (χ0n) is 11.5. The van der Waals surface area contributed by atoms with Gasteiger partial charge in [0.2, 0.25) is 0 Å². The van der Waals surface area contributed by atoms with Crippen LogP contribution in [0.4, 0.5) is 0 Å². The Morgan fingerprint density at radius 3 is 2.42 bits per heavy atom. The van der Waals surface area contributed by atoms with Gasteiger partial charge < -0.3 is 10.2 Å². The number of carbonyl (C=O) groups is 1. The molecule has 1 N–H and O–H groups in total. The van der Waals surface area contributed by atoms with Crippen molar-refractivity contribution in [3.05, 3.63) is 35.9 Å². The number of fused-ring (bicyclic) bond motifs is 2. The number of carbonyl (C=O) groups excluding carboxylic acids is 1. The van der Waals surface area contributed by atoms with Crippen molar-refractivity contribution >= 4 is 5.91 Å². The van der Waals surface area contributed by atoms with E-state index in [4.69, 9.17) is 0 Å². The van der Waals surface area contributed by atoms with Crippen LogP contribution in [0.15, 0.2) is 30.3 Å². The maximum absolute atomic E-state index is 12.6. The van der Waals surface area contributed by atoms with Gasteiger partial charge in [-0.15, -0.1) is 0 Å². The Morgan fingerprint density at radius 1 is 1.21 bits per heavy atom. The molecular formula is C16H22N2O. The molecule has 1 amide bonds. The molecule has 1 aromatic rings. The molecule has 3 heteroatoms. The molecular weight excluding hydrogens is 236 g/mol. The molecule has 102 valence electrons. The van der Waals surface area contributed by atoms with Crippen molar-refractivity contribution in [3.8, 4) is 0 Å². The highest BCUT2D eigenvalue weighted by Gasteiger charge is 2.37. The summed E-state index contributed by atoms with van der Waals surface area (Å²) >= 11 is 0. The topological polar surface area (TPSA) is 32.3 Å². The van der Waals surface area contributed by atoms with E-state index in [-0.39, 0.29) is 5.91 Å². The highest BCUT2D eigenvalue weighted by Crippen LogP contribution is 2.30. The van der Waals surface area contributed by atoms with Gasteiger partial charge in [0.1, 0.15) is 0 Å². The van der Waals surface area contributed by atoms with E-state index in [2.05, 4.69) is 17.1 Å². The van der Waals surface area contributed by atoms with E-state index in [1.165, 1.54) is 12.8 Å². The van der Waals surface area contributed by atoms with Crippen LogP contribution in [-0.4, -0.2) is 35.5 Å². The molecule has 1 aromatic carbocycles. The fourth-order valence-electron chi connectivity index (χ4n) is 3.60. The standard InChI is InChI=1S/C16H22N2O/c1-2-18(16(19)12-6-4-3-5-7-12)15-10-13-8-9-14(11-15)17-13/h3-7,13-15,17H,2,8-11H2,1H3. The van der Waals surface area contributed by atoms with Crippen LogP contribution in [0.25, 0.3) is 0 Å². The minimum absolute atomic E-state index is 0.189. The highest BCUT2D eigenvalue weighted by atomic mass is 16.2. The number of nitrogens with zero attached hydrogens (tertiary/aromatic N) is 1. The van der Waals surface area contributed by atoms with E-state index < -0.39 is 0 Å². The van der Waals surface area contributed by atoms with Crippen LogP contribution >= 0.6 is 0 Å². The fourth-order valence-corrected chi connectivity index (χ4v) is 3.60. The van der Waals surface area contributed by atoms with E-state index in [9.17, 15) is 4.79 Å². The molecule has 3 nitrogen and oxygen atoms in total. The van der Waals surface area contributed by atoms with Crippen molar-refractivity contribution in [1.82, 2.24) is 10.2 Å². The summed E-state index contributed by atoms with van der Waals surface area (Å²) in [5, 5.41) is 3.64. The molecule has 0 aliphatic carbocycles. The van der Waals surface area contributed by atoms with Crippen LogP contribution < -0.4 is 5.32 Å². The Morgan fingerprint density at radius 2 is 1.84 bits per heavy atom. The number of rotatable bonds is 3. The van der Waals surface area contributed by atoms with E-state index in [1.54, 1.807) is 0 Å². The van der Waals surface area contributed by atoms with Gasteiger partial charge in [-0.3, -0.25) is 4.79 Å². The van der Waals surface area contributed by atoms with Gasteiger partial charge in [0.05, 0.1) is 0 Å². The van der Waals surface area contributed by atoms with E-state index in [0.29, 0.717) is 18.1 Å². The second-order valence-corrected chi connectivity index (χ2v) is 5.72. The summed E-state index contributed by atoms with van der Waals surface area (Å²) in [4.78, 5) is 14.7. The molecule has 2 heterocycles. The second kappa shape index (κ2) is 5.33. The van der Waals surface area contributed by atoms with Crippen LogP contribution in [0.2, 0.25) is 0 Å². The number of nitrogens with one attached hydrogen (secondary N) is 1. The van der Waals surface area contributed by atoms with Gasteiger partial charge in [-0.05, 0) is 44.7 Å². The van der Waals surface area contributed by atoms with Gasteiger partial charge >= 0.3 is 0 Å². The second-order valence-electron chi connectivity index (χ2n) is 5.72. The van der Waals surface area contributed by atoms with Crippen molar-refractivity contribution < 1.29 is 4.79 Å². The molecule has 3 rings (SSSR count). The Labute approximate surface area is 115 Å². The van der Waals surface area contributed by atoms with Gasteiger partial charge in [0, 0.05) is 30.2 Å². The van der Waals surface area contributed by atoms with Crippen LogP contribution in [0.1, 0.15) is 43.0 Å². The quantitative estimate of drug-likeness (QED) is 0.903. The maximum Gasteiger partial charge on any atom is 0.254 e. The summed E-state index contributed by atoms with van der Waals surface area (Å²) < 4.78 is 0. The van der Waals surface area contributed by atoms with Crippen LogP contribution in [0.3, 0.4) is 0 Å². The van der Waals surface area contributed by atoms with Crippen LogP contribution in [0, 0.1) is 0 Å². The van der Waals surface area contributed by atoms with Crippen molar-refractivity contribution in [1.29, 1.82) is 0 Å². The predicted molar refractivity (Wildman–Crippen MR) is 76.1 cm³/mol. The smallest absolute Gasteiger partial charge is 0.254 e. The highest BCUT2D eigenvalue weighted by molar-refractivity contribution is 5.94. The molecule has 2 aliphatic heterocycles. The molecule has 2 saturated heterocycles. The van der Waals surface area contributed by atoms with Crippen LogP contribution in [0.5, 0.6) is 0 Å². The third kappa shape index (κ3) is 2.52. The zero-order chi connectivity index (χ0) is 13.2. The van der Waals surface area contributed by atoms with Gasteiger partial charge in [-0.2, -0.15) is 0 Å². The van der Waals surface area contributed by atoms with Crippen molar-refractivity contribution in [2.45, 2.75) is 50.7 Å². The first-order valence-corrected chi connectivity index (χ1v) is 7.40. The summed E-state index contributed by atoms with van der Waals surface area (Å²) in [5.41, 5.74) is 0.815. The average molecular weight is 258 g/mol. The monoisotopic (exact) mass is 258 g/mol. The molecule has 0 radical (unpaired) electrons. The number of hydrogen-bond donors (Lipinski definition) is 1. The molecule has 2 aliphatic rings. The summed E-state index contributed by atoms with van der Waals surface area (Å²) in [6, 6.07) is 11.3. The normalized spacial score (nSPS) is 29.2. The minimum atomic E-state index is 0.189. The summed E-state index contributed by atoms with van der Waals surface area (Å²) in [6.07, 6.45) is 4.78. The zero-order valence-corrected chi connectivity index (χ0v) is 11.5. The lowest BCUT2D eigenvalue weighted by Gasteiger charge is -2.37. The average Bonchev–Trinajstić information content (AvgIpc) is 2.79. The third-order valence-corrected chi connectivity index (χ3v) is 4.51. The SMILES string of the molecule is CCN(C(=O)c1ccccc1)C1CC2CCC(C1)N2. The molecule has 2 fully saturated rings. The predicted octanol–water partition coefficient (Wildman–Crippen LogP) is 2.43. The van der Waals surface area contributed by atoms with Gasteiger partial charge in [0.15, 0.2) is 0 Å². The van der Waals surface area contributed by atoms with Gasteiger partial charge in [0.25, 0.3) is 5.91 Å². The molecule has 19 heavy (non-hydrogen) atoms. The number of benzene rings is 1. The van der Waals surface area contributed by atoms with Gasteiger partial charge in [-0.1, -0.05) is 18.2 Å². The lowest BCUT2D eigenvalue weighted by atomic mass is 9.97. The first-order chi connectivity index (χ1) is 9.28. The van der Waals surface area contributed by atoms with Crippen molar-refractivity contribution in [2.75, 3.05) is 6.54 Å².